The number of aromatic amines is 1. The Hall–Kier alpha value is -3.74. The Labute approximate surface area is 184 Å². The van der Waals surface area contributed by atoms with Crippen molar-refractivity contribution in [1.82, 2.24) is 34.9 Å². The quantitative estimate of drug-likeness (QED) is 0.630. The largest absolute Gasteiger partial charge is 0.344 e. The Balaban J connectivity index is 1.36. The molecule has 2 N–H and O–H groups in total. The van der Waals surface area contributed by atoms with Crippen molar-refractivity contribution in [3.63, 3.8) is 0 Å². The van der Waals surface area contributed by atoms with Crippen LogP contribution in [0.3, 0.4) is 0 Å². The summed E-state index contributed by atoms with van der Waals surface area (Å²) in [4.78, 5) is 40.1. The van der Waals surface area contributed by atoms with E-state index in [4.69, 9.17) is 5.26 Å². The molecule has 1 aliphatic carbocycles. The fourth-order valence-electron chi connectivity index (χ4n) is 4.21. The lowest BCUT2D eigenvalue weighted by molar-refractivity contribution is -0.135. The third kappa shape index (κ3) is 3.82. The van der Waals surface area contributed by atoms with E-state index in [0.29, 0.717) is 48.4 Å². The maximum atomic E-state index is 13.2. The molecule has 1 atom stereocenters. The number of hydrogen-bond acceptors (Lipinski definition) is 6. The van der Waals surface area contributed by atoms with Crippen molar-refractivity contribution < 1.29 is 9.59 Å². The zero-order valence-corrected chi connectivity index (χ0v) is 17.8. The molecule has 0 aromatic carbocycles. The van der Waals surface area contributed by atoms with Gasteiger partial charge in [0.05, 0.1) is 29.7 Å². The van der Waals surface area contributed by atoms with Crippen molar-refractivity contribution in [2.24, 2.45) is 18.9 Å². The van der Waals surface area contributed by atoms with Crippen LogP contribution in [0.4, 0.5) is 0 Å². The number of rotatable bonds is 5. The Kier molecular flexibility index (Phi) is 5.09. The van der Waals surface area contributed by atoms with Crippen LogP contribution in [0.15, 0.2) is 24.8 Å². The van der Waals surface area contributed by atoms with Crippen LogP contribution in [0.25, 0.3) is 22.4 Å². The molecule has 10 heteroatoms. The van der Waals surface area contributed by atoms with Crippen molar-refractivity contribution in [2.75, 3.05) is 13.1 Å². The molecule has 2 amide bonds. The normalized spacial score (nSPS) is 17.8. The summed E-state index contributed by atoms with van der Waals surface area (Å²) < 4.78 is 1.68. The number of nitrogens with one attached hydrogen (secondary N) is 2. The van der Waals surface area contributed by atoms with Crippen molar-refractivity contribution in [3.05, 3.63) is 30.4 Å². The van der Waals surface area contributed by atoms with Gasteiger partial charge in [-0.3, -0.25) is 14.3 Å². The molecule has 3 aromatic rings. The second-order valence-electron chi connectivity index (χ2n) is 8.57. The number of piperidine rings is 1. The molecule has 3 aromatic heterocycles. The Morgan fingerprint density at radius 3 is 2.69 bits per heavy atom. The van der Waals surface area contributed by atoms with Gasteiger partial charge in [-0.25, -0.2) is 9.97 Å². The first-order valence-electron chi connectivity index (χ1n) is 10.9. The molecular weight excluding hydrogens is 408 g/mol. The van der Waals surface area contributed by atoms with Gasteiger partial charge in [0, 0.05) is 44.0 Å². The average molecular weight is 432 g/mol. The number of H-pyrrole nitrogens is 1. The topological polar surface area (TPSA) is 133 Å². The number of likely N-dealkylation sites (tertiary alicyclic amines) is 1. The van der Waals surface area contributed by atoms with Gasteiger partial charge < -0.3 is 15.2 Å². The highest BCUT2D eigenvalue weighted by atomic mass is 16.2. The highest BCUT2D eigenvalue weighted by Gasteiger charge is 2.40. The first-order chi connectivity index (χ1) is 15.5. The van der Waals surface area contributed by atoms with Gasteiger partial charge in [-0.05, 0) is 31.6 Å². The molecule has 1 saturated carbocycles. The smallest absolute Gasteiger partial charge is 0.255 e. The van der Waals surface area contributed by atoms with Gasteiger partial charge in [0.15, 0.2) is 5.65 Å². The molecule has 5 rings (SSSR count). The molecular formula is C22H24N8O2. The molecule has 4 heterocycles. The standard InChI is InChI=1S/C22H24N8O2/c1-29-12-15(9-26-29)17-11-25-20-19(27-17)16(10-24-20)21(31)28-18(14-2-3-14)22(32)30-6-4-13(8-23)5-7-30/h9-14,18H,2-7H2,1H3,(H,24,25)(H,28,31)/t18-/m1/s1. The summed E-state index contributed by atoms with van der Waals surface area (Å²) in [6.07, 6.45) is 9.96. The molecule has 10 nitrogen and oxygen atoms in total. The van der Waals surface area contributed by atoms with E-state index in [2.05, 4.69) is 31.4 Å². The monoisotopic (exact) mass is 432 g/mol. The van der Waals surface area contributed by atoms with E-state index in [9.17, 15) is 9.59 Å². The summed E-state index contributed by atoms with van der Waals surface area (Å²) in [6, 6.07) is 1.73. The lowest BCUT2D eigenvalue weighted by Gasteiger charge is -2.32. The third-order valence-electron chi connectivity index (χ3n) is 6.26. The van der Waals surface area contributed by atoms with Crippen molar-refractivity contribution in [1.29, 1.82) is 5.26 Å². The molecule has 2 aliphatic rings. The second kappa shape index (κ2) is 8.07. The Bertz CT molecular complexity index is 1210. The molecule has 0 bridgehead atoms. The summed E-state index contributed by atoms with van der Waals surface area (Å²) in [6.45, 7) is 1.12. The lowest BCUT2D eigenvalue weighted by Crippen LogP contribution is -2.51. The number of aromatic nitrogens is 5. The number of aryl methyl sites for hydroxylation is 1. The minimum atomic E-state index is -0.555. The van der Waals surface area contributed by atoms with Gasteiger partial charge in [-0.1, -0.05) is 0 Å². The van der Waals surface area contributed by atoms with Crippen molar-refractivity contribution >= 4 is 23.0 Å². The minimum Gasteiger partial charge on any atom is -0.344 e. The second-order valence-corrected chi connectivity index (χ2v) is 8.57. The number of carbonyl (C=O) groups is 2. The zero-order chi connectivity index (χ0) is 22.2. The van der Waals surface area contributed by atoms with Crippen molar-refractivity contribution in [2.45, 2.75) is 31.7 Å². The van der Waals surface area contributed by atoms with Crippen LogP contribution in [-0.4, -0.2) is 60.6 Å². The third-order valence-corrected chi connectivity index (χ3v) is 6.26. The number of fused-ring (bicyclic) bond motifs is 1. The molecule has 32 heavy (non-hydrogen) atoms. The summed E-state index contributed by atoms with van der Waals surface area (Å²) in [7, 11) is 1.82. The van der Waals surface area contributed by atoms with Crippen LogP contribution in [0.5, 0.6) is 0 Å². The van der Waals surface area contributed by atoms with Crippen molar-refractivity contribution in [3.8, 4) is 17.3 Å². The van der Waals surface area contributed by atoms with E-state index < -0.39 is 6.04 Å². The predicted molar refractivity (Wildman–Crippen MR) is 115 cm³/mol. The summed E-state index contributed by atoms with van der Waals surface area (Å²) >= 11 is 0. The van der Waals surface area contributed by atoms with Gasteiger partial charge in [0.2, 0.25) is 5.91 Å². The molecule has 2 fully saturated rings. The molecule has 1 aliphatic heterocycles. The Morgan fingerprint density at radius 2 is 2.03 bits per heavy atom. The SMILES string of the molecule is Cn1cc(-c2cnc3[nH]cc(C(=O)N[C@@H](C(=O)N4CCC(C#N)CC4)C4CC4)c3n2)cn1. The van der Waals surface area contributed by atoms with Gasteiger partial charge in [-0.15, -0.1) is 0 Å². The minimum absolute atomic E-state index is 0.00632. The first-order valence-corrected chi connectivity index (χ1v) is 10.9. The maximum Gasteiger partial charge on any atom is 0.255 e. The summed E-state index contributed by atoms with van der Waals surface area (Å²) in [5.41, 5.74) is 2.76. The summed E-state index contributed by atoms with van der Waals surface area (Å²) in [5, 5.41) is 16.2. The number of hydrogen-bond donors (Lipinski definition) is 2. The van der Waals surface area contributed by atoms with Crippen LogP contribution in [0.1, 0.15) is 36.0 Å². The van der Waals surface area contributed by atoms with Crippen LogP contribution < -0.4 is 5.32 Å². The van der Waals surface area contributed by atoms with E-state index in [1.54, 1.807) is 28.2 Å². The highest BCUT2D eigenvalue weighted by molar-refractivity contribution is 6.06. The fourth-order valence-corrected chi connectivity index (χ4v) is 4.21. The maximum absolute atomic E-state index is 13.2. The fraction of sp³-hybridized carbons (Fsp3) is 0.455. The van der Waals surface area contributed by atoms with E-state index in [0.717, 1.165) is 18.4 Å². The highest BCUT2D eigenvalue weighted by Crippen LogP contribution is 2.34. The van der Waals surface area contributed by atoms with Gasteiger partial charge in [0.1, 0.15) is 11.6 Å². The van der Waals surface area contributed by atoms with Gasteiger partial charge in [-0.2, -0.15) is 10.4 Å². The molecule has 164 valence electrons. The van der Waals surface area contributed by atoms with Crippen LogP contribution in [0.2, 0.25) is 0 Å². The average Bonchev–Trinajstić information content (AvgIpc) is 3.42. The number of nitrogens with zero attached hydrogens (tertiary/aromatic N) is 6. The molecule has 0 unspecified atom stereocenters. The molecule has 0 radical (unpaired) electrons. The van der Waals surface area contributed by atoms with Gasteiger partial charge in [0.25, 0.3) is 5.91 Å². The predicted octanol–water partition coefficient (Wildman–Crippen LogP) is 1.63. The Morgan fingerprint density at radius 1 is 1.25 bits per heavy atom. The summed E-state index contributed by atoms with van der Waals surface area (Å²) in [5.74, 6) is -0.237. The molecule has 1 saturated heterocycles. The van der Waals surface area contributed by atoms with E-state index in [-0.39, 0.29) is 23.7 Å². The number of amides is 2. The zero-order valence-electron chi connectivity index (χ0n) is 17.8. The first kappa shape index (κ1) is 20.2. The van der Waals surface area contributed by atoms with Gasteiger partial charge >= 0.3 is 0 Å². The molecule has 0 spiro atoms. The van der Waals surface area contributed by atoms with E-state index in [1.165, 1.54) is 0 Å². The lowest BCUT2D eigenvalue weighted by atomic mass is 9.97. The van der Waals surface area contributed by atoms with Crippen LogP contribution >= 0.6 is 0 Å². The van der Waals surface area contributed by atoms with Crippen LogP contribution in [-0.2, 0) is 11.8 Å². The van der Waals surface area contributed by atoms with Crippen LogP contribution in [0, 0.1) is 23.2 Å². The van der Waals surface area contributed by atoms with E-state index in [1.807, 2.05) is 13.2 Å². The van der Waals surface area contributed by atoms with E-state index >= 15 is 0 Å². The number of carbonyl (C=O) groups excluding carboxylic acids is 2. The number of nitriles is 1.